The summed E-state index contributed by atoms with van der Waals surface area (Å²) < 4.78 is 5.61. The summed E-state index contributed by atoms with van der Waals surface area (Å²) in [7, 11) is 0. The largest absolute Gasteiger partial charge is 0.444 e. The first kappa shape index (κ1) is 25.5. The lowest BCUT2D eigenvalue weighted by molar-refractivity contribution is -0.0802. The van der Waals surface area contributed by atoms with Gasteiger partial charge >= 0.3 is 6.09 Å². The summed E-state index contributed by atoms with van der Waals surface area (Å²) in [6.07, 6.45) is 4.63. The lowest BCUT2D eigenvalue weighted by Gasteiger charge is -2.58. The van der Waals surface area contributed by atoms with Crippen molar-refractivity contribution in [2.24, 2.45) is 5.41 Å². The van der Waals surface area contributed by atoms with Gasteiger partial charge in [-0.25, -0.2) is 4.79 Å². The van der Waals surface area contributed by atoms with Crippen LogP contribution in [0.2, 0.25) is 0 Å². The Morgan fingerprint density at radius 2 is 1.65 bits per heavy atom. The predicted octanol–water partition coefficient (Wildman–Crippen LogP) is 6.06. The van der Waals surface area contributed by atoms with Crippen molar-refractivity contribution in [3.63, 3.8) is 0 Å². The topological polar surface area (TPSA) is 36.0 Å². The third-order valence-corrected chi connectivity index (χ3v) is 8.44. The van der Waals surface area contributed by atoms with Gasteiger partial charge in [0.25, 0.3) is 0 Å². The van der Waals surface area contributed by atoms with Gasteiger partial charge in [0, 0.05) is 50.8 Å². The standard InChI is InChI=1S/C29H47N3O2/c1-21(2)24-10-8-9-11-25(24)26-20-31(22(3)4)16-17-32(26)23-18-29(19-23)12-14-30(15-13-29)27(33)34-28(5,6)7/h8-11,21-23,26H,12-20H2,1-7H3. The first-order chi connectivity index (χ1) is 16.0. The molecule has 3 aliphatic rings. The fraction of sp³-hybridized carbons (Fsp3) is 0.759. The minimum atomic E-state index is -0.423. The molecule has 5 heteroatoms. The van der Waals surface area contributed by atoms with Crippen LogP contribution in [0.25, 0.3) is 0 Å². The summed E-state index contributed by atoms with van der Waals surface area (Å²) in [6, 6.07) is 10.9. The number of benzene rings is 1. The Labute approximate surface area is 207 Å². The third-order valence-electron chi connectivity index (χ3n) is 8.44. The van der Waals surface area contributed by atoms with E-state index in [0.717, 1.165) is 45.6 Å². The monoisotopic (exact) mass is 469 g/mol. The lowest BCUT2D eigenvalue weighted by atomic mass is 9.59. The number of hydrogen-bond donors (Lipinski definition) is 0. The highest BCUT2D eigenvalue weighted by Gasteiger charge is 2.50. The molecule has 34 heavy (non-hydrogen) atoms. The molecule has 4 rings (SSSR count). The molecule has 1 amide bonds. The van der Waals surface area contributed by atoms with Crippen LogP contribution in [0.4, 0.5) is 4.79 Å². The number of carbonyl (C=O) groups excluding carboxylic acids is 1. The van der Waals surface area contributed by atoms with E-state index in [-0.39, 0.29) is 6.09 Å². The van der Waals surface area contributed by atoms with Gasteiger partial charge in [0.1, 0.15) is 5.60 Å². The molecule has 0 bridgehead atoms. The summed E-state index contributed by atoms with van der Waals surface area (Å²) in [4.78, 5) is 19.9. The molecular weight excluding hydrogens is 422 g/mol. The Balaban J connectivity index is 1.43. The second kappa shape index (κ2) is 9.81. The molecule has 0 N–H and O–H groups in total. The predicted molar refractivity (Wildman–Crippen MR) is 139 cm³/mol. The highest BCUT2D eigenvalue weighted by atomic mass is 16.6. The zero-order valence-corrected chi connectivity index (χ0v) is 22.6. The molecule has 190 valence electrons. The Morgan fingerprint density at radius 1 is 1.00 bits per heavy atom. The molecule has 0 radical (unpaired) electrons. The van der Waals surface area contributed by atoms with Gasteiger partial charge in [-0.15, -0.1) is 0 Å². The van der Waals surface area contributed by atoms with Gasteiger partial charge in [-0.3, -0.25) is 9.80 Å². The third kappa shape index (κ3) is 5.46. The van der Waals surface area contributed by atoms with E-state index in [1.54, 1.807) is 0 Å². The van der Waals surface area contributed by atoms with Crippen molar-refractivity contribution in [2.75, 3.05) is 32.7 Å². The van der Waals surface area contributed by atoms with E-state index in [1.807, 2.05) is 25.7 Å². The quantitative estimate of drug-likeness (QED) is 0.537. The van der Waals surface area contributed by atoms with Gasteiger partial charge in [-0.2, -0.15) is 0 Å². The fourth-order valence-electron chi connectivity index (χ4n) is 6.41. The molecule has 2 saturated heterocycles. The van der Waals surface area contributed by atoms with Crippen LogP contribution >= 0.6 is 0 Å². The normalized spacial score (nSPS) is 24.6. The second-order valence-electron chi connectivity index (χ2n) is 12.7. The number of likely N-dealkylation sites (tertiary alicyclic amines) is 1. The molecular formula is C29H47N3O2. The van der Waals surface area contributed by atoms with Crippen molar-refractivity contribution in [3.05, 3.63) is 35.4 Å². The maximum absolute atomic E-state index is 12.5. The molecule has 2 heterocycles. The van der Waals surface area contributed by atoms with E-state index in [1.165, 1.54) is 24.0 Å². The highest BCUT2D eigenvalue weighted by Crippen LogP contribution is 2.53. The van der Waals surface area contributed by atoms with E-state index in [9.17, 15) is 4.79 Å². The molecule has 3 fully saturated rings. The van der Waals surface area contributed by atoms with Gasteiger partial charge in [-0.05, 0) is 82.8 Å². The van der Waals surface area contributed by atoms with Crippen molar-refractivity contribution < 1.29 is 9.53 Å². The Hall–Kier alpha value is -1.59. The number of carbonyl (C=O) groups is 1. The molecule has 5 nitrogen and oxygen atoms in total. The van der Waals surface area contributed by atoms with Gasteiger partial charge in [-0.1, -0.05) is 38.1 Å². The molecule has 2 aliphatic heterocycles. The minimum absolute atomic E-state index is 0.145. The van der Waals surface area contributed by atoms with Gasteiger partial charge < -0.3 is 9.64 Å². The molecule has 1 aromatic rings. The number of piperazine rings is 1. The molecule has 1 saturated carbocycles. The van der Waals surface area contributed by atoms with E-state index in [0.29, 0.717) is 29.5 Å². The lowest BCUT2D eigenvalue weighted by Crippen LogP contribution is -2.60. The van der Waals surface area contributed by atoms with Gasteiger partial charge in [0.15, 0.2) is 0 Å². The van der Waals surface area contributed by atoms with Crippen LogP contribution < -0.4 is 0 Å². The summed E-state index contributed by atoms with van der Waals surface area (Å²) >= 11 is 0. The summed E-state index contributed by atoms with van der Waals surface area (Å²) in [6.45, 7) is 20.2. The van der Waals surface area contributed by atoms with Gasteiger partial charge in [0.05, 0.1) is 0 Å². The minimum Gasteiger partial charge on any atom is -0.444 e. The van der Waals surface area contributed by atoms with Crippen LogP contribution in [0.15, 0.2) is 24.3 Å². The number of ether oxygens (including phenoxy) is 1. The summed E-state index contributed by atoms with van der Waals surface area (Å²) in [5.74, 6) is 0.539. The number of hydrogen-bond acceptors (Lipinski definition) is 4. The van der Waals surface area contributed by atoms with Crippen molar-refractivity contribution in [3.8, 4) is 0 Å². The first-order valence-electron chi connectivity index (χ1n) is 13.5. The highest BCUT2D eigenvalue weighted by molar-refractivity contribution is 5.68. The van der Waals surface area contributed by atoms with Crippen LogP contribution in [-0.4, -0.2) is 71.2 Å². The molecule has 1 unspecified atom stereocenters. The van der Waals surface area contributed by atoms with Crippen LogP contribution in [0.5, 0.6) is 0 Å². The summed E-state index contributed by atoms with van der Waals surface area (Å²) in [5.41, 5.74) is 3.03. The summed E-state index contributed by atoms with van der Waals surface area (Å²) in [5, 5.41) is 0. The number of amides is 1. The zero-order valence-electron chi connectivity index (χ0n) is 22.6. The smallest absolute Gasteiger partial charge is 0.410 e. The number of piperidine rings is 1. The van der Waals surface area contributed by atoms with Crippen LogP contribution in [0.1, 0.15) is 97.2 Å². The van der Waals surface area contributed by atoms with E-state index in [4.69, 9.17) is 4.74 Å². The maximum Gasteiger partial charge on any atom is 0.410 e. The molecule has 1 aromatic carbocycles. The fourth-order valence-corrected chi connectivity index (χ4v) is 6.41. The van der Waals surface area contributed by atoms with E-state index in [2.05, 4.69) is 61.8 Å². The Morgan fingerprint density at radius 3 is 2.24 bits per heavy atom. The maximum atomic E-state index is 12.5. The second-order valence-corrected chi connectivity index (χ2v) is 12.7. The average molecular weight is 470 g/mol. The van der Waals surface area contributed by atoms with Crippen molar-refractivity contribution in [1.29, 1.82) is 0 Å². The van der Waals surface area contributed by atoms with Crippen LogP contribution in [0, 0.1) is 5.41 Å². The number of nitrogens with zero attached hydrogens (tertiary/aromatic N) is 3. The van der Waals surface area contributed by atoms with Gasteiger partial charge in [0.2, 0.25) is 0 Å². The van der Waals surface area contributed by atoms with Crippen LogP contribution in [0.3, 0.4) is 0 Å². The number of rotatable bonds is 4. The zero-order chi connectivity index (χ0) is 24.7. The SMILES string of the molecule is CC(C)c1ccccc1C1CN(C(C)C)CCN1C1CC2(CCN(C(=O)OC(C)(C)C)CC2)C1. The molecule has 1 spiro atoms. The molecule has 1 aliphatic carbocycles. The average Bonchev–Trinajstić information content (AvgIpc) is 2.76. The van der Waals surface area contributed by atoms with Crippen molar-refractivity contribution >= 4 is 6.09 Å². The van der Waals surface area contributed by atoms with Crippen molar-refractivity contribution in [1.82, 2.24) is 14.7 Å². The Bertz CT molecular complexity index is 843. The van der Waals surface area contributed by atoms with E-state index < -0.39 is 5.60 Å². The Kier molecular flexibility index (Phi) is 7.36. The van der Waals surface area contributed by atoms with Crippen molar-refractivity contribution in [2.45, 2.75) is 104 Å². The first-order valence-corrected chi connectivity index (χ1v) is 13.5. The van der Waals surface area contributed by atoms with E-state index >= 15 is 0 Å². The molecule has 0 aromatic heterocycles. The van der Waals surface area contributed by atoms with Crippen LogP contribution in [-0.2, 0) is 4.74 Å². The molecule has 1 atom stereocenters.